The number of hydrogen-bond donors (Lipinski definition) is 2. The molecule has 2 N–H and O–H groups in total. The van der Waals surface area contributed by atoms with E-state index in [4.69, 9.17) is 4.52 Å². The summed E-state index contributed by atoms with van der Waals surface area (Å²) < 4.78 is 49.7. The summed E-state index contributed by atoms with van der Waals surface area (Å²) in [6, 6.07) is 9.75. The first kappa shape index (κ1) is 30.8. The third-order valence-corrected chi connectivity index (χ3v) is 8.17. The number of aromatic nitrogens is 1. The zero-order valence-corrected chi connectivity index (χ0v) is 24.6. The standard InChI is InChI=1S/C29H37FN4O5S/c1-7-8-13-26(35)34(27(18(2)3)28(36)31-6)17-21-14-15-22(24(30)16-21)23-11-9-10-12-25(23)40(37,38)33-29-19(4)20(5)32-39-29/h9-12,14-16,18,27,33H,7-8,13,17H2,1-6H3,(H,31,36)/t27-/m0/s1. The predicted octanol–water partition coefficient (Wildman–Crippen LogP) is 5.19. The Morgan fingerprint density at radius 2 is 1.80 bits per heavy atom. The molecule has 9 nitrogen and oxygen atoms in total. The van der Waals surface area contributed by atoms with Crippen molar-refractivity contribution >= 4 is 27.7 Å². The minimum atomic E-state index is -4.15. The molecule has 0 unspecified atom stereocenters. The van der Waals surface area contributed by atoms with E-state index in [9.17, 15) is 18.0 Å². The van der Waals surface area contributed by atoms with Crippen LogP contribution < -0.4 is 10.0 Å². The Bertz CT molecular complexity index is 1470. The molecule has 0 aliphatic rings. The van der Waals surface area contributed by atoms with Crippen LogP contribution in [-0.2, 0) is 26.2 Å². The van der Waals surface area contributed by atoms with Crippen LogP contribution >= 0.6 is 0 Å². The fourth-order valence-electron chi connectivity index (χ4n) is 4.45. The zero-order chi connectivity index (χ0) is 29.6. The SMILES string of the molecule is CCCCC(=O)N(Cc1ccc(-c2ccccc2S(=O)(=O)Nc2onc(C)c2C)c(F)c1)[C@H](C(=O)NC)C(C)C. The van der Waals surface area contributed by atoms with E-state index in [1.54, 1.807) is 32.0 Å². The van der Waals surface area contributed by atoms with E-state index in [1.807, 2.05) is 20.8 Å². The number of nitrogens with one attached hydrogen (secondary N) is 2. The van der Waals surface area contributed by atoms with Crippen LogP contribution in [0.15, 0.2) is 51.9 Å². The van der Waals surface area contributed by atoms with Crippen LogP contribution in [0.2, 0.25) is 0 Å². The van der Waals surface area contributed by atoms with Gasteiger partial charge in [0.2, 0.25) is 17.7 Å². The number of unbranched alkanes of at least 4 members (excludes halogenated alkanes) is 1. The van der Waals surface area contributed by atoms with E-state index >= 15 is 4.39 Å². The molecule has 1 aromatic heterocycles. The molecule has 0 bridgehead atoms. The maximum absolute atomic E-state index is 15.6. The van der Waals surface area contributed by atoms with Crippen molar-refractivity contribution in [2.24, 2.45) is 5.92 Å². The second kappa shape index (κ2) is 13.1. The molecule has 0 aliphatic heterocycles. The lowest BCUT2D eigenvalue weighted by atomic mass is 9.98. The van der Waals surface area contributed by atoms with Crippen LogP contribution in [0.1, 0.15) is 56.9 Å². The molecule has 0 saturated carbocycles. The Balaban J connectivity index is 1.98. The number of aryl methyl sites for hydroxylation is 1. The first-order valence-electron chi connectivity index (χ1n) is 13.3. The number of nitrogens with zero attached hydrogens (tertiary/aromatic N) is 2. The van der Waals surface area contributed by atoms with Gasteiger partial charge < -0.3 is 14.7 Å². The van der Waals surface area contributed by atoms with Crippen LogP contribution in [0.3, 0.4) is 0 Å². The van der Waals surface area contributed by atoms with E-state index < -0.39 is 21.9 Å². The fraction of sp³-hybridized carbons (Fsp3) is 0.414. The molecule has 3 rings (SSSR count). The zero-order valence-electron chi connectivity index (χ0n) is 23.7. The van der Waals surface area contributed by atoms with Gasteiger partial charge in [0.15, 0.2) is 0 Å². The molecule has 2 amide bonds. The van der Waals surface area contributed by atoms with Crippen LogP contribution in [-0.4, -0.2) is 43.4 Å². The number of carbonyl (C=O) groups excluding carboxylic acids is 2. The quantitative estimate of drug-likeness (QED) is 0.308. The largest absolute Gasteiger partial charge is 0.357 e. The van der Waals surface area contributed by atoms with Crippen molar-refractivity contribution in [2.45, 2.75) is 71.4 Å². The van der Waals surface area contributed by atoms with Gasteiger partial charge in [-0.2, -0.15) is 0 Å². The molecule has 2 aromatic carbocycles. The van der Waals surface area contributed by atoms with E-state index in [2.05, 4.69) is 15.2 Å². The molecule has 11 heteroatoms. The van der Waals surface area contributed by atoms with Gasteiger partial charge in [0.1, 0.15) is 11.9 Å². The Hall–Kier alpha value is -3.73. The van der Waals surface area contributed by atoms with Crippen molar-refractivity contribution in [3.63, 3.8) is 0 Å². The van der Waals surface area contributed by atoms with E-state index in [0.29, 0.717) is 23.2 Å². The average molecular weight is 573 g/mol. The highest BCUT2D eigenvalue weighted by molar-refractivity contribution is 7.92. The van der Waals surface area contributed by atoms with E-state index in [-0.39, 0.29) is 52.6 Å². The third kappa shape index (κ3) is 6.88. The fourth-order valence-corrected chi connectivity index (χ4v) is 5.72. The van der Waals surface area contributed by atoms with Gasteiger partial charge in [0, 0.05) is 36.7 Å². The van der Waals surface area contributed by atoms with E-state index in [0.717, 1.165) is 6.42 Å². The summed E-state index contributed by atoms with van der Waals surface area (Å²) in [5.41, 5.74) is 1.81. The summed E-state index contributed by atoms with van der Waals surface area (Å²) >= 11 is 0. The molecule has 0 aliphatic carbocycles. The summed E-state index contributed by atoms with van der Waals surface area (Å²) in [4.78, 5) is 27.2. The van der Waals surface area contributed by atoms with Gasteiger partial charge in [0.05, 0.1) is 10.6 Å². The maximum atomic E-state index is 15.6. The van der Waals surface area contributed by atoms with Crippen molar-refractivity contribution < 1.29 is 26.9 Å². The second-order valence-corrected chi connectivity index (χ2v) is 11.7. The van der Waals surface area contributed by atoms with Crippen LogP contribution in [0, 0.1) is 25.6 Å². The minimum absolute atomic E-state index is 0.00761. The average Bonchev–Trinajstić information content (AvgIpc) is 3.22. The number of rotatable bonds is 12. The summed E-state index contributed by atoms with van der Waals surface area (Å²) in [5, 5.41) is 6.40. The van der Waals surface area contributed by atoms with Crippen molar-refractivity contribution in [2.75, 3.05) is 11.8 Å². The Morgan fingerprint density at radius 3 is 2.38 bits per heavy atom. The van der Waals surface area contributed by atoms with Crippen LogP contribution in [0.5, 0.6) is 0 Å². The number of likely N-dealkylation sites (N-methyl/N-ethyl adjacent to an activating group) is 1. The number of amides is 2. The van der Waals surface area contributed by atoms with Crippen molar-refractivity contribution in [3.05, 3.63) is 65.1 Å². The number of hydrogen-bond acceptors (Lipinski definition) is 6. The topological polar surface area (TPSA) is 122 Å². The van der Waals surface area contributed by atoms with Crippen LogP contribution in [0.4, 0.5) is 10.3 Å². The highest BCUT2D eigenvalue weighted by Gasteiger charge is 2.32. The molecule has 1 heterocycles. The van der Waals surface area contributed by atoms with Gasteiger partial charge in [-0.15, -0.1) is 0 Å². The normalized spacial score (nSPS) is 12.3. The lowest BCUT2D eigenvalue weighted by Crippen LogP contribution is -2.51. The molecule has 40 heavy (non-hydrogen) atoms. The number of carbonyl (C=O) groups is 2. The summed E-state index contributed by atoms with van der Waals surface area (Å²) in [6.07, 6.45) is 1.77. The molecular formula is C29H37FN4O5S. The lowest BCUT2D eigenvalue weighted by Gasteiger charge is -2.33. The molecular weight excluding hydrogens is 535 g/mol. The van der Waals surface area contributed by atoms with Gasteiger partial charge in [-0.1, -0.05) is 62.7 Å². The highest BCUT2D eigenvalue weighted by Crippen LogP contribution is 2.32. The van der Waals surface area contributed by atoms with Crippen molar-refractivity contribution in [1.82, 2.24) is 15.4 Å². The Morgan fingerprint density at radius 1 is 1.10 bits per heavy atom. The molecule has 0 spiro atoms. The number of benzene rings is 2. The van der Waals surface area contributed by atoms with Crippen molar-refractivity contribution in [1.29, 1.82) is 0 Å². The van der Waals surface area contributed by atoms with E-state index in [1.165, 1.54) is 36.2 Å². The Kier molecular flexibility index (Phi) is 10.1. The molecule has 0 saturated heterocycles. The van der Waals surface area contributed by atoms with Gasteiger partial charge in [-0.05, 0) is 43.9 Å². The highest BCUT2D eigenvalue weighted by atomic mass is 32.2. The molecule has 1 atom stereocenters. The smallest absolute Gasteiger partial charge is 0.264 e. The maximum Gasteiger partial charge on any atom is 0.264 e. The predicted molar refractivity (Wildman–Crippen MR) is 151 cm³/mol. The summed E-state index contributed by atoms with van der Waals surface area (Å²) in [7, 11) is -2.63. The first-order valence-corrected chi connectivity index (χ1v) is 14.7. The van der Waals surface area contributed by atoms with Gasteiger partial charge in [-0.3, -0.25) is 9.59 Å². The molecule has 216 valence electrons. The molecule has 3 aromatic rings. The van der Waals surface area contributed by atoms with Gasteiger partial charge in [0.25, 0.3) is 10.0 Å². The molecule has 0 fully saturated rings. The number of sulfonamides is 1. The van der Waals surface area contributed by atoms with Crippen LogP contribution in [0.25, 0.3) is 11.1 Å². The summed E-state index contributed by atoms with van der Waals surface area (Å²) in [6.45, 7) is 9.09. The number of halogens is 1. The van der Waals surface area contributed by atoms with Crippen molar-refractivity contribution in [3.8, 4) is 11.1 Å². The van der Waals surface area contributed by atoms with Gasteiger partial charge in [-0.25, -0.2) is 17.5 Å². The van der Waals surface area contributed by atoms with Gasteiger partial charge >= 0.3 is 0 Å². The monoisotopic (exact) mass is 572 g/mol. The minimum Gasteiger partial charge on any atom is -0.357 e. The summed E-state index contributed by atoms with van der Waals surface area (Å²) in [5.74, 6) is -1.31. The Labute approximate surface area is 235 Å². The lowest BCUT2D eigenvalue weighted by molar-refractivity contribution is -0.142. The second-order valence-electron chi connectivity index (χ2n) is 10.1. The third-order valence-electron chi connectivity index (χ3n) is 6.78. The molecule has 0 radical (unpaired) electrons. The number of anilines is 1. The first-order chi connectivity index (χ1) is 18.9.